The largest absolute Gasteiger partial charge is 0.427 e. The molecule has 88 valence electrons. The van der Waals surface area contributed by atoms with Gasteiger partial charge in [0.05, 0.1) is 11.2 Å². The molecular formula is C10H18BN3O2. The van der Waals surface area contributed by atoms with E-state index in [0.717, 1.165) is 5.46 Å². The molecule has 1 aromatic heterocycles. The fourth-order valence-corrected chi connectivity index (χ4v) is 0.880. The molecule has 0 aromatic carbocycles. The van der Waals surface area contributed by atoms with Crippen molar-refractivity contribution in [2.24, 2.45) is 0 Å². The van der Waals surface area contributed by atoms with Gasteiger partial charge in [-0.05, 0) is 33.2 Å². The van der Waals surface area contributed by atoms with E-state index in [1.165, 1.54) is 0 Å². The van der Waals surface area contributed by atoms with Gasteiger partial charge in [0.25, 0.3) is 0 Å². The van der Waals surface area contributed by atoms with Gasteiger partial charge < -0.3 is 15.5 Å². The van der Waals surface area contributed by atoms with E-state index in [1.807, 2.05) is 13.8 Å². The summed E-state index contributed by atoms with van der Waals surface area (Å²) >= 11 is 0. The van der Waals surface area contributed by atoms with Crippen LogP contribution in [-0.4, -0.2) is 33.8 Å². The molecule has 0 fully saturated rings. The van der Waals surface area contributed by atoms with Gasteiger partial charge in [-0.15, -0.1) is 0 Å². The Bertz CT molecular complexity index is 346. The predicted molar refractivity (Wildman–Crippen MR) is 64.7 cm³/mol. The second kappa shape index (κ2) is 4.39. The van der Waals surface area contributed by atoms with Gasteiger partial charge in [0, 0.05) is 12.4 Å². The number of nitrogens with zero attached hydrogens (tertiary/aromatic N) is 2. The zero-order valence-electron chi connectivity index (χ0n) is 10.2. The molecule has 0 unspecified atom stereocenters. The summed E-state index contributed by atoms with van der Waals surface area (Å²) in [4.78, 5) is 7.73. The average Bonchev–Trinajstić information content (AvgIpc) is 2.15. The van der Waals surface area contributed by atoms with Crippen molar-refractivity contribution in [1.29, 1.82) is 0 Å². The monoisotopic (exact) mass is 223 g/mol. The van der Waals surface area contributed by atoms with Gasteiger partial charge >= 0.3 is 7.48 Å². The van der Waals surface area contributed by atoms with Crippen LogP contribution < -0.4 is 11.2 Å². The van der Waals surface area contributed by atoms with E-state index in [2.05, 4.69) is 9.97 Å². The average molecular weight is 223 g/mol. The van der Waals surface area contributed by atoms with E-state index in [1.54, 1.807) is 26.2 Å². The summed E-state index contributed by atoms with van der Waals surface area (Å²) in [5.74, 6) is 0.241. The Kier molecular flexibility index (Phi) is 3.55. The lowest BCUT2D eigenvalue weighted by molar-refractivity contribution is -0.0893. The normalized spacial score (nSPS) is 12.6. The number of nitrogens with two attached hydrogens (primary N) is 1. The molecule has 0 aliphatic rings. The van der Waals surface area contributed by atoms with Crippen LogP contribution in [0.4, 0.5) is 5.95 Å². The van der Waals surface area contributed by atoms with E-state index < -0.39 is 11.2 Å². The molecule has 1 rings (SSSR count). The smallest absolute Gasteiger partial charge is 0.312 e. The Morgan fingerprint density at radius 2 is 1.75 bits per heavy atom. The molecule has 3 N–H and O–H groups in total. The second-order valence-electron chi connectivity index (χ2n) is 4.81. The van der Waals surface area contributed by atoms with E-state index in [4.69, 9.17) is 10.4 Å². The molecule has 0 saturated heterocycles. The number of anilines is 1. The maximum Gasteiger partial charge on any atom is 0.312 e. The van der Waals surface area contributed by atoms with Crippen molar-refractivity contribution >= 4 is 18.9 Å². The van der Waals surface area contributed by atoms with Crippen LogP contribution in [0.3, 0.4) is 0 Å². The fourth-order valence-electron chi connectivity index (χ4n) is 0.880. The van der Waals surface area contributed by atoms with Gasteiger partial charge in [0.15, 0.2) is 0 Å². The van der Waals surface area contributed by atoms with E-state index in [-0.39, 0.29) is 5.95 Å². The maximum atomic E-state index is 9.89. The molecule has 16 heavy (non-hydrogen) atoms. The minimum Gasteiger partial charge on any atom is -0.427 e. The first-order valence-electron chi connectivity index (χ1n) is 5.15. The van der Waals surface area contributed by atoms with Crippen LogP contribution in [-0.2, 0) is 4.65 Å². The van der Waals surface area contributed by atoms with E-state index >= 15 is 0 Å². The van der Waals surface area contributed by atoms with Crippen LogP contribution in [0.15, 0.2) is 12.4 Å². The Hall–Kier alpha value is -1.14. The van der Waals surface area contributed by atoms with Crippen LogP contribution in [0.25, 0.3) is 0 Å². The number of hydrogen-bond acceptors (Lipinski definition) is 5. The molecule has 0 bridgehead atoms. The Morgan fingerprint density at radius 1 is 1.25 bits per heavy atom. The molecule has 0 radical (unpaired) electrons. The van der Waals surface area contributed by atoms with Gasteiger partial charge in [-0.25, -0.2) is 9.97 Å². The highest BCUT2D eigenvalue weighted by atomic mass is 16.5. The van der Waals surface area contributed by atoms with Crippen LogP contribution in [0, 0.1) is 0 Å². The molecule has 0 aliphatic heterocycles. The summed E-state index contributed by atoms with van der Waals surface area (Å²) in [5, 5.41) is 9.89. The van der Waals surface area contributed by atoms with Crippen molar-refractivity contribution in [3.63, 3.8) is 0 Å². The lowest BCUT2D eigenvalue weighted by Gasteiger charge is -2.37. The van der Waals surface area contributed by atoms with Gasteiger partial charge in [-0.2, -0.15) is 0 Å². The molecule has 0 spiro atoms. The van der Waals surface area contributed by atoms with Crippen LogP contribution >= 0.6 is 0 Å². The van der Waals surface area contributed by atoms with E-state index in [9.17, 15) is 5.11 Å². The highest BCUT2D eigenvalue weighted by Crippen LogP contribution is 2.24. The molecule has 0 aliphatic carbocycles. The first-order chi connectivity index (χ1) is 7.22. The highest BCUT2D eigenvalue weighted by Gasteiger charge is 2.35. The summed E-state index contributed by atoms with van der Waals surface area (Å²) in [6, 6.07) is 0. The maximum absolute atomic E-state index is 9.89. The minimum absolute atomic E-state index is 0.241. The summed E-state index contributed by atoms with van der Waals surface area (Å²) < 4.78 is 5.65. The third kappa shape index (κ3) is 3.18. The van der Waals surface area contributed by atoms with Gasteiger partial charge in [0.2, 0.25) is 5.95 Å². The third-order valence-electron chi connectivity index (χ3n) is 2.80. The van der Waals surface area contributed by atoms with Gasteiger partial charge in [-0.3, -0.25) is 0 Å². The SMILES string of the molecule is CC(C)(O)C(C)(C)OBc1cnc(N)nc1. The van der Waals surface area contributed by atoms with Crippen LogP contribution in [0.5, 0.6) is 0 Å². The Balaban J connectivity index is 2.61. The Morgan fingerprint density at radius 3 is 2.19 bits per heavy atom. The van der Waals surface area contributed by atoms with Gasteiger partial charge in [-0.1, -0.05) is 0 Å². The van der Waals surface area contributed by atoms with Crippen molar-refractivity contribution in [3.8, 4) is 0 Å². The minimum atomic E-state index is -0.915. The van der Waals surface area contributed by atoms with Gasteiger partial charge in [0.1, 0.15) is 0 Å². The van der Waals surface area contributed by atoms with Crippen molar-refractivity contribution in [3.05, 3.63) is 12.4 Å². The third-order valence-corrected chi connectivity index (χ3v) is 2.80. The Labute approximate surface area is 96.3 Å². The lowest BCUT2D eigenvalue weighted by Crippen LogP contribution is -2.49. The number of aromatic nitrogens is 2. The molecule has 6 heteroatoms. The number of nitrogen functional groups attached to an aromatic ring is 1. The first kappa shape index (κ1) is 12.9. The number of rotatable bonds is 4. The standard InChI is InChI=1S/C10H18BN3O2/c1-9(2,15)10(3,4)16-11-7-5-13-8(12)14-6-7/h5-6,11,15H,1-4H3,(H2,12,13,14). The quantitative estimate of drug-likeness (QED) is 0.679. The number of aliphatic hydroxyl groups is 1. The summed E-state index contributed by atoms with van der Waals surface area (Å²) in [5.41, 5.74) is 4.64. The molecule has 1 heterocycles. The molecule has 5 nitrogen and oxygen atoms in total. The summed E-state index contributed by atoms with van der Waals surface area (Å²) in [6.45, 7) is 7.11. The topological polar surface area (TPSA) is 81.3 Å². The van der Waals surface area contributed by atoms with Crippen LogP contribution in [0.1, 0.15) is 27.7 Å². The highest BCUT2D eigenvalue weighted by molar-refractivity contribution is 6.46. The molecule has 0 amide bonds. The second-order valence-corrected chi connectivity index (χ2v) is 4.81. The molecular weight excluding hydrogens is 205 g/mol. The van der Waals surface area contributed by atoms with Crippen LogP contribution in [0.2, 0.25) is 0 Å². The van der Waals surface area contributed by atoms with Crippen molar-refractivity contribution in [2.45, 2.75) is 38.9 Å². The van der Waals surface area contributed by atoms with Crippen molar-refractivity contribution in [2.75, 3.05) is 5.73 Å². The number of hydrogen-bond donors (Lipinski definition) is 2. The first-order valence-corrected chi connectivity index (χ1v) is 5.15. The van der Waals surface area contributed by atoms with Crippen molar-refractivity contribution < 1.29 is 9.76 Å². The lowest BCUT2D eigenvalue weighted by atomic mass is 9.84. The predicted octanol–water partition coefficient (Wildman–Crippen LogP) is -0.398. The molecule has 0 saturated carbocycles. The summed E-state index contributed by atoms with van der Waals surface area (Å²) in [7, 11) is 0.345. The molecule has 0 atom stereocenters. The zero-order valence-corrected chi connectivity index (χ0v) is 10.2. The zero-order chi connectivity index (χ0) is 12.4. The summed E-state index contributed by atoms with van der Waals surface area (Å²) in [6.07, 6.45) is 3.23. The van der Waals surface area contributed by atoms with E-state index in [0.29, 0.717) is 7.48 Å². The van der Waals surface area contributed by atoms with Crippen molar-refractivity contribution in [1.82, 2.24) is 9.97 Å². The molecule has 1 aromatic rings. The fraction of sp³-hybridized carbons (Fsp3) is 0.600.